The molecule has 1 aromatic rings. The van der Waals surface area contributed by atoms with Crippen LogP contribution in [0.5, 0.6) is 0 Å². The molecule has 100 valence electrons. The van der Waals surface area contributed by atoms with E-state index in [4.69, 9.17) is 9.52 Å². The fourth-order valence-electron chi connectivity index (χ4n) is 1.74. The number of rotatable bonds is 3. The standard InChI is InChI=1S/C11H10N2O6/c1-5-7(10(16)17)3-6(19-5)4-13-9(15)8(14)12(2)11(13)18/h3H,4H2,1-2H3,(H,16,17). The van der Waals surface area contributed by atoms with Crippen molar-refractivity contribution in [3.8, 4) is 0 Å². The topological polar surface area (TPSA) is 108 Å². The largest absolute Gasteiger partial charge is 0.478 e. The summed E-state index contributed by atoms with van der Waals surface area (Å²) in [5.41, 5.74) is -0.0474. The van der Waals surface area contributed by atoms with Crippen LogP contribution in [0.15, 0.2) is 10.5 Å². The van der Waals surface area contributed by atoms with Crippen molar-refractivity contribution in [2.45, 2.75) is 13.5 Å². The SMILES string of the molecule is Cc1oc(CN2C(=O)C(=O)N(C)C2=O)cc1C(=O)O. The van der Waals surface area contributed by atoms with Gasteiger partial charge in [-0.3, -0.25) is 14.5 Å². The second-order valence-corrected chi connectivity index (χ2v) is 4.03. The molecule has 1 fully saturated rings. The van der Waals surface area contributed by atoms with Crippen LogP contribution in [0.1, 0.15) is 21.9 Å². The lowest BCUT2D eigenvalue weighted by Crippen LogP contribution is -2.30. The molecule has 4 amide bonds. The number of amides is 4. The number of aryl methyl sites for hydroxylation is 1. The second kappa shape index (κ2) is 4.23. The second-order valence-electron chi connectivity index (χ2n) is 4.03. The molecule has 1 aromatic heterocycles. The molecule has 0 saturated carbocycles. The number of carboxylic acids is 1. The van der Waals surface area contributed by atoms with E-state index in [9.17, 15) is 19.2 Å². The third kappa shape index (κ3) is 1.96. The van der Waals surface area contributed by atoms with Crippen LogP contribution >= 0.6 is 0 Å². The van der Waals surface area contributed by atoms with Crippen molar-refractivity contribution >= 4 is 23.8 Å². The van der Waals surface area contributed by atoms with E-state index in [0.29, 0.717) is 9.80 Å². The van der Waals surface area contributed by atoms with Crippen molar-refractivity contribution in [1.29, 1.82) is 0 Å². The molecule has 8 nitrogen and oxygen atoms in total. The molecule has 0 radical (unpaired) electrons. The zero-order valence-corrected chi connectivity index (χ0v) is 10.2. The summed E-state index contributed by atoms with van der Waals surface area (Å²) in [7, 11) is 1.19. The van der Waals surface area contributed by atoms with Crippen LogP contribution in [0.2, 0.25) is 0 Å². The average Bonchev–Trinajstić information content (AvgIpc) is 2.80. The minimum absolute atomic E-state index is 0.0474. The van der Waals surface area contributed by atoms with Crippen molar-refractivity contribution in [3.05, 3.63) is 23.2 Å². The normalized spacial score (nSPS) is 15.6. The molecule has 0 unspecified atom stereocenters. The molecule has 0 aliphatic carbocycles. The number of carboxylic acid groups (broad SMARTS) is 1. The molecule has 19 heavy (non-hydrogen) atoms. The highest BCUT2D eigenvalue weighted by Gasteiger charge is 2.42. The number of carbonyl (C=O) groups excluding carboxylic acids is 3. The van der Waals surface area contributed by atoms with E-state index in [-0.39, 0.29) is 23.6 Å². The summed E-state index contributed by atoms with van der Waals surface area (Å²) in [4.78, 5) is 46.6. The van der Waals surface area contributed by atoms with E-state index < -0.39 is 23.8 Å². The summed E-state index contributed by atoms with van der Waals surface area (Å²) in [5, 5.41) is 8.86. The number of hydrogen-bond acceptors (Lipinski definition) is 5. The van der Waals surface area contributed by atoms with Crippen molar-refractivity contribution in [2.75, 3.05) is 7.05 Å². The van der Waals surface area contributed by atoms with Gasteiger partial charge in [0.1, 0.15) is 17.1 Å². The monoisotopic (exact) mass is 266 g/mol. The maximum atomic E-state index is 11.6. The number of likely N-dealkylation sites (N-methyl/N-ethyl adjacent to an activating group) is 1. The summed E-state index contributed by atoms with van der Waals surface area (Å²) in [6, 6.07) is 0.460. The Kier molecular flexibility index (Phi) is 2.85. The van der Waals surface area contributed by atoms with Crippen LogP contribution in [0.4, 0.5) is 4.79 Å². The smallest absolute Gasteiger partial charge is 0.339 e. The average molecular weight is 266 g/mol. The number of carbonyl (C=O) groups is 4. The van der Waals surface area contributed by atoms with E-state index >= 15 is 0 Å². The molecule has 0 aromatic carbocycles. The van der Waals surface area contributed by atoms with Crippen molar-refractivity contribution < 1.29 is 28.7 Å². The molecule has 1 aliphatic heterocycles. The molecule has 0 atom stereocenters. The third-order valence-corrected chi connectivity index (χ3v) is 2.76. The van der Waals surface area contributed by atoms with Crippen LogP contribution in [0.25, 0.3) is 0 Å². The van der Waals surface area contributed by atoms with Gasteiger partial charge in [-0.1, -0.05) is 0 Å². The van der Waals surface area contributed by atoms with E-state index in [1.54, 1.807) is 0 Å². The zero-order valence-electron chi connectivity index (χ0n) is 10.2. The Morgan fingerprint density at radius 1 is 1.32 bits per heavy atom. The Balaban J connectivity index is 2.25. The van der Waals surface area contributed by atoms with E-state index in [1.807, 2.05) is 0 Å². The Morgan fingerprint density at radius 2 is 1.95 bits per heavy atom. The van der Waals surface area contributed by atoms with Crippen molar-refractivity contribution in [3.63, 3.8) is 0 Å². The van der Waals surface area contributed by atoms with E-state index in [2.05, 4.69) is 0 Å². The van der Waals surface area contributed by atoms with Gasteiger partial charge in [0.05, 0.1) is 6.54 Å². The van der Waals surface area contributed by atoms with Gasteiger partial charge in [0.2, 0.25) is 0 Å². The number of nitrogens with zero attached hydrogens (tertiary/aromatic N) is 2. The van der Waals surface area contributed by atoms with Crippen LogP contribution < -0.4 is 0 Å². The number of hydrogen-bond donors (Lipinski definition) is 1. The summed E-state index contributed by atoms with van der Waals surface area (Å²) in [5.74, 6) is -2.76. The summed E-state index contributed by atoms with van der Waals surface area (Å²) in [6.45, 7) is 1.18. The van der Waals surface area contributed by atoms with Crippen molar-refractivity contribution in [1.82, 2.24) is 9.80 Å². The van der Waals surface area contributed by atoms with Crippen molar-refractivity contribution in [2.24, 2.45) is 0 Å². The Labute approximate surface area is 107 Å². The molecule has 2 heterocycles. The number of aromatic carboxylic acids is 1. The van der Waals surface area contributed by atoms with Gasteiger partial charge in [0.25, 0.3) is 0 Å². The van der Waals surface area contributed by atoms with Crippen LogP contribution in [-0.2, 0) is 16.1 Å². The molecule has 1 saturated heterocycles. The van der Waals surface area contributed by atoms with Crippen LogP contribution in [-0.4, -0.2) is 45.8 Å². The van der Waals surface area contributed by atoms with Crippen LogP contribution in [0, 0.1) is 6.92 Å². The predicted octanol–water partition coefficient (Wildman–Crippen LogP) is 0.207. The highest BCUT2D eigenvalue weighted by Crippen LogP contribution is 2.19. The summed E-state index contributed by atoms with van der Waals surface area (Å²) in [6.07, 6.45) is 0. The molecule has 0 bridgehead atoms. The molecule has 8 heteroatoms. The molecule has 0 spiro atoms. The van der Waals surface area contributed by atoms with Gasteiger partial charge in [-0.25, -0.2) is 14.5 Å². The number of furan rings is 1. The first kappa shape index (κ1) is 12.8. The first-order valence-corrected chi connectivity index (χ1v) is 5.29. The zero-order chi connectivity index (χ0) is 14.3. The summed E-state index contributed by atoms with van der Waals surface area (Å²) < 4.78 is 5.15. The van der Waals surface area contributed by atoms with Gasteiger partial charge in [-0.15, -0.1) is 0 Å². The highest BCUT2D eigenvalue weighted by molar-refractivity contribution is 6.44. The van der Waals surface area contributed by atoms with Gasteiger partial charge in [0.15, 0.2) is 0 Å². The van der Waals surface area contributed by atoms with Gasteiger partial charge in [0, 0.05) is 7.05 Å². The third-order valence-electron chi connectivity index (χ3n) is 2.76. The predicted molar refractivity (Wildman–Crippen MR) is 59.1 cm³/mol. The Bertz CT molecular complexity index is 602. The van der Waals surface area contributed by atoms with Crippen LogP contribution in [0.3, 0.4) is 0 Å². The molecule has 1 aliphatic rings. The summed E-state index contributed by atoms with van der Waals surface area (Å²) >= 11 is 0. The van der Waals surface area contributed by atoms with E-state index in [0.717, 1.165) is 0 Å². The minimum atomic E-state index is -1.17. The Morgan fingerprint density at radius 3 is 2.37 bits per heavy atom. The number of imide groups is 2. The maximum absolute atomic E-state index is 11.6. The first-order valence-electron chi connectivity index (χ1n) is 5.29. The van der Waals surface area contributed by atoms with Gasteiger partial charge >= 0.3 is 23.8 Å². The van der Waals surface area contributed by atoms with Gasteiger partial charge < -0.3 is 9.52 Å². The molecular weight excluding hydrogens is 256 g/mol. The number of urea groups is 1. The highest BCUT2D eigenvalue weighted by atomic mass is 16.4. The maximum Gasteiger partial charge on any atom is 0.339 e. The van der Waals surface area contributed by atoms with Gasteiger partial charge in [-0.05, 0) is 13.0 Å². The van der Waals surface area contributed by atoms with E-state index in [1.165, 1.54) is 20.0 Å². The Hall–Kier alpha value is -2.64. The molecule has 1 N–H and O–H groups in total. The minimum Gasteiger partial charge on any atom is -0.478 e. The molecule has 2 rings (SSSR count). The molecular formula is C11H10N2O6. The quantitative estimate of drug-likeness (QED) is 0.618. The van der Waals surface area contributed by atoms with Gasteiger partial charge in [-0.2, -0.15) is 0 Å². The fourth-order valence-corrected chi connectivity index (χ4v) is 1.74. The lowest BCUT2D eigenvalue weighted by atomic mass is 10.2. The fraction of sp³-hybridized carbons (Fsp3) is 0.273. The first-order chi connectivity index (χ1) is 8.82. The lowest BCUT2D eigenvalue weighted by Gasteiger charge is -2.10. The lowest BCUT2D eigenvalue weighted by molar-refractivity contribution is -0.143.